The van der Waals surface area contributed by atoms with Crippen molar-refractivity contribution in [3.05, 3.63) is 29.8 Å². The molecule has 0 aromatic heterocycles. The van der Waals surface area contributed by atoms with E-state index in [1.807, 2.05) is 24.3 Å². The van der Waals surface area contributed by atoms with Crippen LogP contribution in [0.3, 0.4) is 0 Å². The van der Waals surface area contributed by atoms with Crippen LogP contribution in [-0.2, 0) is 19.7 Å². The van der Waals surface area contributed by atoms with Crippen LogP contribution in [0.1, 0.15) is 45.6 Å². The largest absolute Gasteiger partial charge is 0.444 e. The van der Waals surface area contributed by atoms with Crippen LogP contribution in [0.4, 0.5) is 10.5 Å². The van der Waals surface area contributed by atoms with Crippen molar-refractivity contribution in [1.82, 2.24) is 10.2 Å². The Hall–Kier alpha value is -3.08. The number of hydrogen-bond acceptors (Lipinski definition) is 5. The molecule has 1 spiro atoms. The van der Waals surface area contributed by atoms with Crippen LogP contribution in [0.25, 0.3) is 0 Å². The van der Waals surface area contributed by atoms with E-state index in [1.165, 1.54) is 4.90 Å². The SMILES string of the molecule is CC(C)(C)OC(=O)NC1(C(=O)N2C[C@]3(C[C@H]2C#N)C(=O)Nc2ccccc23)CC1. The average Bonchev–Trinajstić information content (AvgIpc) is 3.22. The molecule has 2 aliphatic heterocycles. The molecule has 3 amide bonds. The van der Waals surface area contributed by atoms with Gasteiger partial charge < -0.3 is 20.3 Å². The summed E-state index contributed by atoms with van der Waals surface area (Å²) in [6, 6.07) is 8.80. The lowest BCUT2D eigenvalue weighted by molar-refractivity contribution is -0.135. The summed E-state index contributed by atoms with van der Waals surface area (Å²) < 4.78 is 5.29. The minimum absolute atomic E-state index is 0.116. The Labute approximate surface area is 169 Å². The number of rotatable bonds is 2. The van der Waals surface area contributed by atoms with E-state index in [1.54, 1.807) is 20.8 Å². The lowest BCUT2D eigenvalue weighted by Gasteiger charge is -2.28. The maximum absolute atomic E-state index is 13.3. The van der Waals surface area contributed by atoms with Crippen molar-refractivity contribution in [1.29, 1.82) is 5.26 Å². The molecule has 0 unspecified atom stereocenters. The van der Waals surface area contributed by atoms with Gasteiger partial charge in [-0.2, -0.15) is 5.26 Å². The van der Waals surface area contributed by atoms with Crippen molar-refractivity contribution < 1.29 is 19.1 Å². The first-order chi connectivity index (χ1) is 13.6. The van der Waals surface area contributed by atoms with Crippen LogP contribution in [0.5, 0.6) is 0 Å². The third kappa shape index (κ3) is 3.11. The molecule has 1 saturated carbocycles. The number of fused-ring (bicyclic) bond motifs is 2. The zero-order valence-electron chi connectivity index (χ0n) is 16.7. The van der Waals surface area contributed by atoms with Crippen LogP contribution in [0.2, 0.25) is 0 Å². The predicted molar refractivity (Wildman–Crippen MR) is 104 cm³/mol. The number of ether oxygens (including phenoxy) is 1. The highest BCUT2D eigenvalue weighted by Gasteiger charge is 2.61. The summed E-state index contributed by atoms with van der Waals surface area (Å²) in [5.41, 5.74) is -1.14. The predicted octanol–water partition coefficient (Wildman–Crippen LogP) is 2.06. The molecular weight excluding hydrogens is 372 g/mol. The third-order valence-electron chi connectivity index (χ3n) is 5.79. The van der Waals surface area contributed by atoms with Gasteiger partial charge in [0.05, 0.1) is 11.5 Å². The minimum atomic E-state index is -1.06. The van der Waals surface area contributed by atoms with E-state index in [9.17, 15) is 19.6 Å². The summed E-state index contributed by atoms with van der Waals surface area (Å²) in [4.78, 5) is 39.8. The molecule has 2 N–H and O–H groups in total. The minimum Gasteiger partial charge on any atom is -0.444 e. The number of carbonyl (C=O) groups is 3. The second-order valence-corrected chi connectivity index (χ2v) is 9.07. The Balaban J connectivity index is 1.58. The lowest BCUT2D eigenvalue weighted by atomic mass is 9.80. The summed E-state index contributed by atoms with van der Waals surface area (Å²) in [7, 11) is 0. The van der Waals surface area contributed by atoms with E-state index >= 15 is 0 Å². The number of nitriles is 1. The van der Waals surface area contributed by atoms with E-state index in [4.69, 9.17) is 4.74 Å². The molecule has 4 rings (SSSR count). The summed E-state index contributed by atoms with van der Waals surface area (Å²) in [6.07, 6.45) is 0.542. The second-order valence-electron chi connectivity index (χ2n) is 9.07. The molecule has 29 heavy (non-hydrogen) atoms. The molecule has 3 aliphatic rings. The number of hydrogen-bond donors (Lipinski definition) is 2. The van der Waals surface area contributed by atoms with Crippen LogP contribution in [0.15, 0.2) is 24.3 Å². The lowest BCUT2D eigenvalue weighted by Crippen LogP contribution is -2.53. The molecule has 1 aliphatic carbocycles. The maximum Gasteiger partial charge on any atom is 0.408 e. The molecule has 2 fully saturated rings. The van der Waals surface area contributed by atoms with Gasteiger partial charge in [0.25, 0.3) is 0 Å². The van der Waals surface area contributed by atoms with Gasteiger partial charge in [0.2, 0.25) is 11.8 Å². The fourth-order valence-electron chi connectivity index (χ4n) is 4.26. The highest BCUT2D eigenvalue weighted by atomic mass is 16.6. The topological polar surface area (TPSA) is 112 Å². The average molecular weight is 396 g/mol. The van der Waals surface area contributed by atoms with Gasteiger partial charge in [0, 0.05) is 18.7 Å². The van der Waals surface area contributed by atoms with Crippen LogP contribution >= 0.6 is 0 Å². The zero-order valence-corrected chi connectivity index (χ0v) is 16.7. The highest BCUT2D eigenvalue weighted by molar-refractivity contribution is 6.07. The Morgan fingerprint density at radius 1 is 1.31 bits per heavy atom. The van der Waals surface area contributed by atoms with Crippen molar-refractivity contribution >= 4 is 23.6 Å². The molecule has 0 bridgehead atoms. The van der Waals surface area contributed by atoms with Gasteiger partial charge in [-0.3, -0.25) is 9.59 Å². The van der Waals surface area contributed by atoms with E-state index in [0.29, 0.717) is 12.8 Å². The number of nitrogens with one attached hydrogen (secondary N) is 2. The molecule has 1 aromatic rings. The van der Waals surface area contributed by atoms with E-state index in [0.717, 1.165) is 11.3 Å². The quantitative estimate of drug-likeness (QED) is 0.795. The van der Waals surface area contributed by atoms with E-state index in [-0.39, 0.29) is 24.8 Å². The summed E-state index contributed by atoms with van der Waals surface area (Å²) in [6.45, 7) is 5.37. The Morgan fingerprint density at radius 2 is 2.00 bits per heavy atom. The summed E-state index contributed by atoms with van der Waals surface area (Å²) in [5.74, 6) is -0.525. The van der Waals surface area contributed by atoms with Crippen LogP contribution in [-0.4, -0.2) is 46.5 Å². The fourth-order valence-corrected chi connectivity index (χ4v) is 4.26. The molecule has 2 atom stereocenters. The van der Waals surface area contributed by atoms with Crippen molar-refractivity contribution in [3.8, 4) is 6.07 Å². The number of alkyl carbamates (subject to hydrolysis) is 1. The number of anilines is 1. The Bertz CT molecular complexity index is 941. The first kappa shape index (κ1) is 19.2. The van der Waals surface area contributed by atoms with E-state index < -0.39 is 28.7 Å². The van der Waals surface area contributed by atoms with Crippen molar-refractivity contribution in [3.63, 3.8) is 0 Å². The second kappa shape index (κ2) is 6.21. The molecule has 152 valence electrons. The van der Waals surface area contributed by atoms with Crippen molar-refractivity contribution in [2.75, 3.05) is 11.9 Å². The molecule has 2 heterocycles. The fraction of sp³-hybridized carbons (Fsp3) is 0.524. The normalized spacial score (nSPS) is 26.5. The third-order valence-corrected chi connectivity index (χ3v) is 5.79. The van der Waals surface area contributed by atoms with Gasteiger partial charge in [-0.1, -0.05) is 18.2 Å². The van der Waals surface area contributed by atoms with Crippen molar-refractivity contribution in [2.45, 2.75) is 62.6 Å². The molecule has 0 radical (unpaired) electrons. The standard InChI is InChI=1S/C21H24N4O4/c1-19(2,3)29-18(28)24-21(8-9-21)17(27)25-12-20(10-13(25)11-22)14-6-4-5-7-15(14)23-16(20)26/h4-7,13H,8-10,12H2,1-3H3,(H,23,26)(H,24,28)/t13-,20-/m0/s1. The molecule has 8 heteroatoms. The van der Waals surface area contributed by atoms with Gasteiger partial charge in [0.1, 0.15) is 17.2 Å². The summed E-state index contributed by atoms with van der Waals surface area (Å²) >= 11 is 0. The van der Waals surface area contributed by atoms with Gasteiger partial charge >= 0.3 is 6.09 Å². The molecule has 1 aromatic carbocycles. The molecule has 1 saturated heterocycles. The number of benzene rings is 1. The van der Waals surface area contributed by atoms with Gasteiger partial charge in [-0.15, -0.1) is 0 Å². The number of para-hydroxylation sites is 1. The van der Waals surface area contributed by atoms with E-state index in [2.05, 4.69) is 16.7 Å². The number of nitrogens with zero attached hydrogens (tertiary/aromatic N) is 2. The van der Waals surface area contributed by atoms with Gasteiger partial charge in [-0.05, 0) is 45.2 Å². The van der Waals surface area contributed by atoms with Crippen molar-refractivity contribution in [2.24, 2.45) is 0 Å². The van der Waals surface area contributed by atoms with Gasteiger partial charge in [0.15, 0.2) is 0 Å². The van der Waals surface area contributed by atoms with Crippen LogP contribution in [0, 0.1) is 11.3 Å². The summed E-state index contributed by atoms with van der Waals surface area (Å²) in [5, 5.41) is 15.3. The highest BCUT2D eigenvalue weighted by Crippen LogP contribution is 2.48. The number of carbonyl (C=O) groups excluding carboxylic acids is 3. The molecular formula is C21H24N4O4. The monoisotopic (exact) mass is 396 g/mol. The first-order valence-corrected chi connectivity index (χ1v) is 9.73. The Kier molecular flexibility index (Phi) is 4.12. The smallest absolute Gasteiger partial charge is 0.408 e. The van der Waals surface area contributed by atoms with Gasteiger partial charge in [-0.25, -0.2) is 4.79 Å². The molecule has 8 nitrogen and oxygen atoms in total. The number of amides is 3. The first-order valence-electron chi connectivity index (χ1n) is 9.73. The maximum atomic E-state index is 13.3. The van der Waals surface area contributed by atoms with Crippen LogP contribution < -0.4 is 10.6 Å². The Morgan fingerprint density at radius 3 is 2.62 bits per heavy atom. The number of likely N-dealkylation sites (tertiary alicyclic amines) is 1. The zero-order chi connectivity index (χ0) is 21.0.